The molecule has 1 fully saturated rings. The Morgan fingerprint density at radius 1 is 1.43 bits per heavy atom. The Bertz CT molecular complexity index is 578. The van der Waals surface area contributed by atoms with Gasteiger partial charge in [-0.05, 0) is 18.6 Å². The summed E-state index contributed by atoms with van der Waals surface area (Å²) in [7, 11) is 1.37. The Hall–Kier alpha value is -1.50. The highest BCUT2D eigenvalue weighted by Crippen LogP contribution is 2.35. The molecule has 114 valence electrons. The van der Waals surface area contributed by atoms with Crippen molar-refractivity contribution in [3.63, 3.8) is 0 Å². The molecule has 2 atom stereocenters. The first-order valence-electron chi connectivity index (χ1n) is 7.10. The molecule has 1 aromatic rings. The van der Waals surface area contributed by atoms with Gasteiger partial charge >= 0.3 is 11.9 Å². The molecule has 1 aromatic heterocycles. The van der Waals surface area contributed by atoms with Gasteiger partial charge in [-0.25, -0.2) is 9.78 Å². The molecule has 3 rings (SSSR count). The van der Waals surface area contributed by atoms with E-state index in [1.807, 2.05) is 16.3 Å². The third-order valence-electron chi connectivity index (χ3n) is 4.27. The van der Waals surface area contributed by atoms with Gasteiger partial charge in [0.25, 0.3) is 0 Å². The number of esters is 1. The van der Waals surface area contributed by atoms with Crippen LogP contribution in [0.1, 0.15) is 40.8 Å². The lowest BCUT2D eigenvalue weighted by Gasteiger charge is -2.24. The number of thioether (sulfide) groups is 1. The topological polar surface area (TPSA) is 81.4 Å². The standard InChI is InChI=1S/C14H18N2O4S/c1-20-14(19)8-2-4-16-10(6-8)11(13(17)18)15-12(16)9-3-5-21-7-9/h8-9H,2-7H2,1H3,(H,17,18). The fraction of sp³-hybridized carbons (Fsp3) is 0.643. The number of carbonyl (C=O) groups excluding carboxylic acids is 1. The highest BCUT2D eigenvalue weighted by atomic mass is 32.2. The van der Waals surface area contributed by atoms with Crippen molar-refractivity contribution in [1.29, 1.82) is 0 Å². The molecular formula is C14H18N2O4S. The van der Waals surface area contributed by atoms with E-state index in [0.29, 0.717) is 31.0 Å². The summed E-state index contributed by atoms with van der Waals surface area (Å²) in [6.07, 6.45) is 2.13. The minimum Gasteiger partial charge on any atom is -0.476 e. The number of aromatic nitrogens is 2. The van der Waals surface area contributed by atoms with Crippen LogP contribution in [0.3, 0.4) is 0 Å². The number of imidazole rings is 1. The number of rotatable bonds is 3. The molecule has 0 aromatic carbocycles. The van der Waals surface area contributed by atoms with E-state index in [1.165, 1.54) is 7.11 Å². The number of nitrogens with zero attached hydrogens (tertiary/aromatic N) is 2. The fourth-order valence-electron chi connectivity index (χ4n) is 3.17. The Kier molecular flexibility index (Phi) is 3.93. The molecule has 6 nitrogen and oxygen atoms in total. The zero-order chi connectivity index (χ0) is 15.0. The average molecular weight is 310 g/mol. The Labute approximate surface area is 126 Å². The summed E-state index contributed by atoms with van der Waals surface area (Å²) in [6.45, 7) is 0.645. The van der Waals surface area contributed by atoms with Crippen LogP contribution in [0.4, 0.5) is 0 Å². The zero-order valence-corrected chi connectivity index (χ0v) is 12.7. The molecule has 2 unspecified atom stereocenters. The summed E-state index contributed by atoms with van der Waals surface area (Å²) >= 11 is 1.88. The third kappa shape index (κ3) is 2.54. The van der Waals surface area contributed by atoms with Gasteiger partial charge in [0.05, 0.1) is 18.7 Å². The van der Waals surface area contributed by atoms with Crippen molar-refractivity contribution in [3.8, 4) is 0 Å². The molecule has 1 saturated heterocycles. The van der Waals surface area contributed by atoms with Crippen molar-refractivity contribution >= 4 is 23.7 Å². The highest BCUT2D eigenvalue weighted by Gasteiger charge is 2.34. The molecule has 0 spiro atoms. The molecular weight excluding hydrogens is 292 g/mol. The first-order valence-corrected chi connectivity index (χ1v) is 8.25. The maximum absolute atomic E-state index is 11.7. The maximum Gasteiger partial charge on any atom is 0.356 e. The summed E-state index contributed by atoms with van der Waals surface area (Å²) in [5.74, 6) is 1.77. The SMILES string of the molecule is COC(=O)C1CCn2c(C3CCSC3)nc(C(=O)O)c2C1. The van der Waals surface area contributed by atoms with Crippen molar-refractivity contribution < 1.29 is 19.4 Å². The first kappa shape index (κ1) is 14.4. The lowest BCUT2D eigenvalue weighted by Crippen LogP contribution is -2.28. The van der Waals surface area contributed by atoms with Crippen LogP contribution in [-0.4, -0.2) is 45.2 Å². The molecule has 0 aliphatic carbocycles. The minimum atomic E-state index is -1.01. The number of fused-ring (bicyclic) bond motifs is 1. The molecule has 0 bridgehead atoms. The van der Waals surface area contributed by atoms with Crippen molar-refractivity contribution in [2.24, 2.45) is 5.92 Å². The molecule has 2 aliphatic rings. The second kappa shape index (κ2) is 5.71. The molecule has 2 aliphatic heterocycles. The summed E-state index contributed by atoms with van der Waals surface area (Å²) < 4.78 is 6.82. The van der Waals surface area contributed by atoms with Gasteiger partial charge in [-0.15, -0.1) is 0 Å². The van der Waals surface area contributed by atoms with Crippen LogP contribution in [-0.2, 0) is 22.5 Å². The van der Waals surface area contributed by atoms with E-state index in [1.54, 1.807) is 0 Å². The maximum atomic E-state index is 11.7. The van der Waals surface area contributed by atoms with Gasteiger partial charge in [0.2, 0.25) is 0 Å². The van der Waals surface area contributed by atoms with E-state index in [0.717, 1.165) is 23.8 Å². The van der Waals surface area contributed by atoms with Crippen molar-refractivity contribution in [3.05, 3.63) is 17.2 Å². The number of methoxy groups -OCH3 is 1. The molecule has 0 radical (unpaired) electrons. The van der Waals surface area contributed by atoms with Crippen LogP contribution in [0.25, 0.3) is 0 Å². The number of hydrogen-bond donors (Lipinski definition) is 1. The normalized spacial score (nSPS) is 24.6. The van der Waals surface area contributed by atoms with Crippen LogP contribution in [0.5, 0.6) is 0 Å². The Morgan fingerprint density at radius 3 is 2.86 bits per heavy atom. The monoisotopic (exact) mass is 310 g/mol. The minimum absolute atomic E-state index is 0.107. The Balaban J connectivity index is 1.97. The molecule has 0 saturated carbocycles. The zero-order valence-electron chi connectivity index (χ0n) is 11.9. The van der Waals surface area contributed by atoms with Crippen molar-refractivity contribution in [2.75, 3.05) is 18.6 Å². The first-order chi connectivity index (χ1) is 10.1. The highest BCUT2D eigenvalue weighted by molar-refractivity contribution is 7.99. The van der Waals surface area contributed by atoms with Crippen LogP contribution in [0, 0.1) is 5.92 Å². The van der Waals surface area contributed by atoms with Gasteiger partial charge in [-0.3, -0.25) is 4.79 Å². The molecule has 21 heavy (non-hydrogen) atoms. The number of carboxylic acid groups (broad SMARTS) is 1. The van der Waals surface area contributed by atoms with Gasteiger partial charge < -0.3 is 14.4 Å². The second-order valence-corrected chi connectivity index (χ2v) is 6.65. The van der Waals surface area contributed by atoms with E-state index >= 15 is 0 Å². The van der Waals surface area contributed by atoms with Gasteiger partial charge in [0, 0.05) is 24.6 Å². The lowest BCUT2D eigenvalue weighted by atomic mass is 9.94. The number of aromatic carboxylic acids is 1. The quantitative estimate of drug-likeness (QED) is 0.853. The predicted molar refractivity (Wildman–Crippen MR) is 77.7 cm³/mol. The van der Waals surface area contributed by atoms with E-state index in [2.05, 4.69) is 4.98 Å². The van der Waals surface area contributed by atoms with E-state index in [4.69, 9.17) is 4.74 Å². The molecule has 0 amide bonds. The van der Waals surface area contributed by atoms with Crippen LogP contribution in [0.15, 0.2) is 0 Å². The lowest BCUT2D eigenvalue weighted by molar-refractivity contribution is -0.146. The van der Waals surface area contributed by atoms with Gasteiger partial charge in [-0.2, -0.15) is 11.8 Å². The predicted octanol–water partition coefficient (Wildman–Crippen LogP) is 1.54. The summed E-state index contributed by atoms with van der Waals surface area (Å²) in [4.78, 5) is 27.6. The van der Waals surface area contributed by atoms with E-state index < -0.39 is 5.97 Å². The summed E-state index contributed by atoms with van der Waals surface area (Å²) in [6, 6.07) is 0. The molecule has 7 heteroatoms. The average Bonchev–Trinajstić information content (AvgIpc) is 3.12. The number of carbonyl (C=O) groups is 2. The van der Waals surface area contributed by atoms with Gasteiger partial charge in [0.15, 0.2) is 5.69 Å². The van der Waals surface area contributed by atoms with Gasteiger partial charge in [0.1, 0.15) is 5.82 Å². The van der Waals surface area contributed by atoms with Gasteiger partial charge in [-0.1, -0.05) is 0 Å². The molecule has 1 N–H and O–H groups in total. The van der Waals surface area contributed by atoms with E-state index in [9.17, 15) is 14.7 Å². The smallest absolute Gasteiger partial charge is 0.356 e. The fourth-order valence-corrected chi connectivity index (χ4v) is 4.39. The van der Waals surface area contributed by atoms with Crippen LogP contribution < -0.4 is 0 Å². The van der Waals surface area contributed by atoms with E-state index in [-0.39, 0.29) is 17.6 Å². The van der Waals surface area contributed by atoms with Crippen molar-refractivity contribution in [1.82, 2.24) is 9.55 Å². The van der Waals surface area contributed by atoms with Crippen LogP contribution in [0.2, 0.25) is 0 Å². The third-order valence-corrected chi connectivity index (χ3v) is 5.44. The Morgan fingerprint density at radius 2 is 2.24 bits per heavy atom. The second-order valence-electron chi connectivity index (χ2n) is 5.50. The number of hydrogen-bond acceptors (Lipinski definition) is 5. The van der Waals surface area contributed by atoms with Crippen molar-refractivity contribution in [2.45, 2.75) is 31.7 Å². The molecule has 3 heterocycles. The van der Waals surface area contributed by atoms with Crippen LogP contribution >= 0.6 is 11.8 Å². The summed E-state index contributed by atoms with van der Waals surface area (Å²) in [5, 5.41) is 9.38. The largest absolute Gasteiger partial charge is 0.476 e. The number of ether oxygens (including phenoxy) is 1. The number of carboxylic acids is 1. The summed E-state index contributed by atoms with van der Waals surface area (Å²) in [5.41, 5.74) is 0.784.